The number of rotatable bonds is 6. The Hall–Kier alpha value is -3.49. The first-order valence-corrected chi connectivity index (χ1v) is 10.0. The molecule has 1 fully saturated rings. The lowest BCUT2D eigenvalue weighted by Crippen LogP contribution is -2.39. The quantitative estimate of drug-likeness (QED) is 0.587. The molecule has 0 N–H and O–H groups in total. The van der Waals surface area contributed by atoms with Crippen LogP contribution in [0.4, 0.5) is 0 Å². The van der Waals surface area contributed by atoms with Gasteiger partial charge in [-0.25, -0.2) is 0 Å². The molecule has 0 radical (unpaired) electrons. The topological polar surface area (TPSA) is 100 Å². The SMILES string of the molecule is COc1cc(C(=O)N2CCCC(c3nc(-c4ccc(C)o4)no3)C2)cc(OC)c1OC. The first-order chi connectivity index (χ1) is 15.0. The van der Waals surface area contributed by atoms with Gasteiger partial charge in [-0.05, 0) is 44.0 Å². The van der Waals surface area contributed by atoms with E-state index in [1.54, 1.807) is 17.0 Å². The van der Waals surface area contributed by atoms with Crippen molar-refractivity contribution in [2.45, 2.75) is 25.7 Å². The molecular weight excluding hydrogens is 402 g/mol. The molecule has 1 saturated heterocycles. The summed E-state index contributed by atoms with van der Waals surface area (Å²) in [5.41, 5.74) is 0.465. The Balaban J connectivity index is 1.54. The zero-order valence-corrected chi connectivity index (χ0v) is 18.0. The normalized spacial score (nSPS) is 16.3. The Morgan fingerprint density at radius 3 is 2.48 bits per heavy atom. The van der Waals surface area contributed by atoms with Crippen molar-refractivity contribution < 1.29 is 27.9 Å². The molecule has 9 nitrogen and oxygen atoms in total. The van der Waals surface area contributed by atoms with Crippen molar-refractivity contribution in [3.05, 3.63) is 41.5 Å². The molecular formula is C22H25N3O6. The fourth-order valence-corrected chi connectivity index (χ4v) is 3.81. The van der Waals surface area contributed by atoms with Crippen molar-refractivity contribution in [3.63, 3.8) is 0 Å². The average Bonchev–Trinajstić information content (AvgIpc) is 3.46. The summed E-state index contributed by atoms with van der Waals surface area (Å²) in [7, 11) is 4.58. The molecule has 1 amide bonds. The number of aryl methyl sites for hydroxylation is 1. The highest BCUT2D eigenvalue weighted by Gasteiger charge is 2.30. The van der Waals surface area contributed by atoms with Crippen LogP contribution in [0.5, 0.6) is 17.2 Å². The van der Waals surface area contributed by atoms with Gasteiger partial charge in [0.25, 0.3) is 5.91 Å². The van der Waals surface area contributed by atoms with Gasteiger partial charge < -0.3 is 28.1 Å². The van der Waals surface area contributed by atoms with Gasteiger partial charge in [-0.2, -0.15) is 4.98 Å². The summed E-state index contributed by atoms with van der Waals surface area (Å²) in [5.74, 6) is 3.42. The average molecular weight is 427 g/mol. The number of hydrogen-bond acceptors (Lipinski definition) is 8. The third kappa shape index (κ3) is 4.08. The number of ether oxygens (including phenoxy) is 3. The van der Waals surface area contributed by atoms with Gasteiger partial charge in [0.1, 0.15) is 5.76 Å². The molecule has 3 heterocycles. The summed E-state index contributed by atoms with van der Waals surface area (Å²) in [6, 6.07) is 6.99. The smallest absolute Gasteiger partial charge is 0.254 e. The Morgan fingerprint density at radius 1 is 1.13 bits per heavy atom. The van der Waals surface area contributed by atoms with Crippen molar-refractivity contribution in [1.29, 1.82) is 0 Å². The van der Waals surface area contributed by atoms with Crippen molar-refractivity contribution in [2.75, 3.05) is 34.4 Å². The van der Waals surface area contributed by atoms with Crippen LogP contribution in [0.15, 0.2) is 33.2 Å². The zero-order chi connectivity index (χ0) is 22.0. The molecule has 9 heteroatoms. The van der Waals surface area contributed by atoms with Crippen molar-refractivity contribution in [2.24, 2.45) is 0 Å². The van der Waals surface area contributed by atoms with Crippen LogP contribution in [0.25, 0.3) is 11.6 Å². The third-order valence-corrected chi connectivity index (χ3v) is 5.37. The number of aromatic nitrogens is 2. The number of furan rings is 1. The van der Waals surface area contributed by atoms with Gasteiger partial charge in [-0.1, -0.05) is 5.16 Å². The minimum Gasteiger partial charge on any atom is -0.493 e. The Labute approximate surface area is 179 Å². The van der Waals surface area contributed by atoms with Gasteiger partial charge in [0.2, 0.25) is 17.5 Å². The minimum absolute atomic E-state index is 0.0444. The van der Waals surface area contributed by atoms with Gasteiger partial charge in [0, 0.05) is 18.7 Å². The number of piperidine rings is 1. The fraction of sp³-hybridized carbons (Fsp3) is 0.409. The van der Waals surface area contributed by atoms with E-state index in [1.807, 2.05) is 19.1 Å². The zero-order valence-electron chi connectivity index (χ0n) is 18.0. The van der Waals surface area contributed by atoms with E-state index < -0.39 is 0 Å². The van der Waals surface area contributed by atoms with Crippen LogP contribution in [0.1, 0.15) is 40.8 Å². The highest BCUT2D eigenvalue weighted by Crippen LogP contribution is 2.39. The Kier molecular flexibility index (Phi) is 5.83. The van der Waals surface area contributed by atoms with E-state index in [0.717, 1.165) is 18.6 Å². The van der Waals surface area contributed by atoms with Crippen molar-refractivity contribution >= 4 is 5.91 Å². The summed E-state index contributed by atoms with van der Waals surface area (Å²) in [5, 5.41) is 4.04. The van der Waals surface area contributed by atoms with E-state index in [-0.39, 0.29) is 11.8 Å². The number of carbonyl (C=O) groups is 1. The van der Waals surface area contributed by atoms with Crippen LogP contribution >= 0.6 is 0 Å². The number of amides is 1. The minimum atomic E-state index is -0.120. The Morgan fingerprint density at radius 2 is 1.87 bits per heavy atom. The molecule has 0 spiro atoms. The molecule has 0 aliphatic carbocycles. The summed E-state index contributed by atoms with van der Waals surface area (Å²) >= 11 is 0. The third-order valence-electron chi connectivity index (χ3n) is 5.37. The van der Waals surface area contributed by atoms with Gasteiger partial charge in [0.05, 0.1) is 27.2 Å². The number of likely N-dealkylation sites (tertiary alicyclic amines) is 1. The van der Waals surface area contributed by atoms with E-state index in [4.69, 9.17) is 23.2 Å². The lowest BCUT2D eigenvalue weighted by Gasteiger charge is -2.31. The molecule has 31 heavy (non-hydrogen) atoms. The maximum atomic E-state index is 13.2. The van der Waals surface area contributed by atoms with Crippen LogP contribution in [0.3, 0.4) is 0 Å². The van der Waals surface area contributed by atoms with Gasteiger partial charge in [-0.15, -0.1) is 0 Å². The first-order valence-electron chi connectivity index (χ1n) is 10.0. The monoisotopic (exact) mass is 427 g/mol. The second-order valence-electron chi connectivity index (χ2n) is 7.37. The summed E-state index contributed by atoms with van der Waals surface area (Å²) in [6.07, 6.45) is 1.69. The van der Waals surface area contributed by atoms with Crippen LogP contribution in [-0.2, 0) is 0 Å². The second kappa shape index (κ2) is 8.71. The molecule has 1 aliphatic heterocycles. The van der Waals surface area contributed by atoms with E-state index in [1.165, 1.54) is 21.3 Å². The molecule has 3 aromatic rings. The van der Waals surface area contributed by atoms with E-state index in [0.29, 0.717) is 53.4 Å². The molecule has 4 rings (SSSR count). The molecule has 0 bridgehead atoms. The predicted octanol–water partition coefficient (Wildman–Crippen LogP) is 3.68. The predicted molar refractivity (Wildman–Crippen MR) is 111 cm³/mol. The number of nitrogens with zero attached hydrogens (tertiary/aromatic N) is 3. The van der Waals surface area contributed by atoms with E-state index in [2.05, 4.69) is 10.1 Å². The molecule has 1 unspecified atom stereocenters. The lowest BCUT2D eigenvalue weighted by atomic mass is 9.97. The van der Waals surface area contributed by atoms with Crippen molar-refractivity contribution in [1.82, 2.24) is 15.0 Å². The van der Waals surface area contributed by atoms with E-state index >= 15 is 0 Å². The Bertz CT molecular complexity index is 1050. The maximum Gasteiger partial charge on any atom is 0.254 e. The molecule has 1 aromatic carbocycles. The first kappa shape index (κ1) is 20.8. The lowest BCUT2D eigenvalue weighted by molar-refractivity contribution is 0.0695. The summed E-state index contributed by atoms with van der Waals surface area (Å²) in [6.45, 7) is 2.98. The second-order valence-corrected chi connectivity index (χ2v) is 7.37. The number of carbonyl (C=O) groups excluding carboxylic acids is 1. The molecule has 2 aromatic heterocycles. The number of methoxy groups -OCH3 is 3. The molecule has 0 saturated carbocycles. The molecule has 164 valence electrons. The van der Waals surface area contributed by atoms with Crippen molar-refractivity contribution in [3.8, 4) is 28.8 Å². The van der Waals surface area contributed by atoms with Gasteiger partial charge >= 0.3 is 0 Å². The largest absolute Gasteiger partial charge is 0.493 e. The number of benzene rings is 1. The maximum absolute atomic E-state index is 13.2. The summed E-state index contributed by atoms with van der Waals surface area (Å²) < 4.78 is 27.2. The van der Waals surface area contributed by atoms with Crippen LogP contribution in [0, 0.1) is 6.92 Å². The molecule has 1 atom stereocenters. The molecule has 1 aliphatic rings. The fourth-order valence-electron chi connectivity index (χ4n) is 3.81. The van der Waals surface area contributed by atoms with Crippen LogP contribution in [0.2, 0.25) is 0 Å². The summed E-state index contributed by atoms with van der Waals surface area (Å²) in [4.78, 5) is 19.5. The number of hydrogen-bond donors (Lipinski definition) is 0. The van der Waals surface area contributed by atoms with Crippen LogP contribution < -0.4 is 14.2 Å². The van der Waals surface area contributed by atoms with Gasteiger partial charge in [0.15, 0.2) is 17.3 Å². The van der Waals surface area contributed by atoms with E-state index in [9.17, 15) is 4.79 Å². The highest BCUT2D eigenvalue weighted by atomic mass is 16.5. The standard InChI is InChI=1S/C22H25N3O6/c1-13-7-8-16(30-13)20-23-21(31-24-20)14-6-5-9-25(12-14)22(26)15-10-17(27-2)19(29-4)18(11-15)28-3/h7-8,10-11,14H,5-6,9,12H2,1-4H3. The highest BCUT2D eigenvalue weighted by molar-refractivity contribution is 5.95. The van der Waals surface area contributed by atoms with Gasteiger partial charge in [-0.3, -0.25) is 4.79 Å². The van der Waals surface area contributed by atoms with Crippen LogP contribution in [-0.4, -0.2) is 55.4 Å².